The predicted molar refractivity (Wildman–Crippen MR) is 69.9 cm³/mol. The second kappa shape index (κ2) is 6.78. The van der Waals surface area contributed by atoms with Crippen LogP contribution < -0.4 is 6.15 Å². The van der Waals surface area contributed by atoms with Crippen LogP contribution in [-0.4, -0.2) is 32.4 Å². The summed E-state index contributed by atoms with van der Waals surface area (Å²) in [4.78, 5) is 0. The molecule has 0 bridgehead atoms. The molecule has 0 aliphatic heterocycles. The van der Waals surface area contributed by atoms with Gasteiger partial charge in [0.05, 0.1) is 0 Å². The van der Waals surface area contributed by atoms with E-state index in [2.05, 4.69) is 0 Å². The van der Waals surface area contributed by atoms with Crippen molar-refractivity contribution in [2.45, 2.75) is 38.2 Å². The summed E-state index contributed by atoms with van der Waals surface area (Å²) in [6, 6.07) is 0. The van der Waals surface area contributed by atoms with Gasteiger partial charge in [-0.3, -0.25) is 0 Å². The Kier molecular flexibility index (Phi) is 9.09. The molecule has 0 spiro atoms. The molecule has 5 nitrogen and oxygen atoms in total. The lowest BCUT2D eigenvalue weighted by Gasteiger charge is -2.26. The van der Waals surface area contributed by atoms with E-state index >= 15 is 0 Å². The van der Waals surface area contributed by atoms with Gasteiger partial charge < -0.3 is 6.15 Å². The van der Waals surface area contributed by atoms with Crippen LogP contribution in [0.15, 0.2) is 0 Å². The van der Waals surface area contributed by atoms with Gasteiger partial charge in [-0.2, -0.15) is 0 Å². The summed E-state index contributed by atoms with van der Waals surface area (Å²) in [6.45, 7) is 5.81. The molecule has 102 valence electrons. The Labute approximate surface area is 105 Å². The summed E-state index contributed by atoms with van der Waals surface area (Å²) >= 11 is 0. The molecule has 8 heteroatoms. The number of rotatable bonds is 5. The molecule has 0 aliphatic rings. The van der Waals surface area contributed by atoms with E-state index in [4.69, 9.17) is 0 Å². The number of halogens is 1. The molecule has 0 rings (SSSR count). The van der Waals surface area contributed by atoms with Crippen molar-refractivity contribution in [2.75, 3.05) is 11.5 Å². The number of sulfone groups is 2. The van der Waals surface area contributed by atoms with Gasteiger partial charge in [-0.1, -0.05) is 20.8 Å². The first-order chi connectivity index (χ1) is 6.18. The third-order valence-electron chi connectivity index (χ3n) is 2.72. The van der Waals surface area contributed by atoms with E-state index in [1.54, 1.807) is 6.92 Å². The third kappa shape index (κ3) is 3.32. The van der Waals surface area contributed by atoms with Crippen molar-refractivity contribution in [2.24, 2.45) is 0 Å². The summed E-state index contributed by atoms with van der Waals surface area (Å²) in [5, 5.41) is 0. The van der Waals surface area contributed by atoms with Crippen LogP contribution in [0.5, 0.6) is 0 Å². The van der Waals surface area contributed by atoms with Crippen molar-refractivity contribution in [3.63, 3.8) is 0 Å². The summed E-state index contributed by atoms with van der Waals surface area (Å²) in [6.07, 6.45) is 0.0966. The lowest BCUT2D eigenvalue weighted by atomic mass is 10.4. The zero-order valence-corrected chi connectivity index (χ0v) is 12.6. The molecule has 0 heterocycles. The van der Waals surface area contributed by atoms with Crippen LogP contribution in [0, 0.1) is 0 Å². The fourth-order valence-corrected chi connectivity index (χ4v) is 5.60. The van der Waals surface area contributed by atoms with Crippen molar-refractivity contribution < 1.29 is 16.8 Å². The molecule has 0 saturated heterocycles. The van der Waals surface area contributed by atoms with Gasteiger partial charge in [-0.05, 0) is 13.3 Å². The summed E-state index contributed by atoms with van der Waals surface area (Å²) in [5.74, 6) is -0.285. The smallest absolute Gasteiger partial charge is 0.170 e. The van der Waals surface area contributed by atoms with E-state index in [0.717, 1.165) is 0 Å². The largest absolute Gasteiger partial charge is 0.344 e. The SMILES string of the molecule is CCC(C)(S(=O)(=O)CC)S(=O)(=O)CC.Cl.N. The Morgan fingerprint density at radius 2 is 1.12 bits per heavy atom. The minimum atomic E-state index is -3.57. The number of hydrogen-bond donors (Lipinski definition) is 1. The van der Waals surface area contributed by atoms with Gasteiger partial charge in [0, 0.05) is 11.5 Å². The molecule has 0 fully saturated rings. The maximum absolute atomic E-state index is 11.7. The molecule has 0 unspecified atom stereocenters. The zero-order chi connectivity index (χ0) is 11.6. The highest BCUT2D eigenvalue weighted by atomic mass is 35.5. The van der Waals surface area contributed by atoms with Gasteiger partial charge in [0.25, 0.3) is 0 Å². The molecular weight excluding hydrogens is 274 g/mol. The van der Waals surface area contributed by atoms with Crippen LogP contribution in [0.4, 0.5) is 0 Å². The van der Waals surface area contributed by atoms with Crippen LogP contribution in [0.25, 0.3) is 0 Å². The van der Waals surface area contributed by atoms with E-state index in [1.165, 1.54) is 20.8 Å². The first-order valence-corrected chi connectivity index (χ1v) is 7.93. The normalized spacial score (nSPS) is 12.5. The highest BCUT2D eigenvalue weighted by molar-refractivity contribution is 8.10. The van der Waals surface area contributed by atoms with Crippen molar-refractivity contribution in [3.8, 4) is 0 Å². The fourth-order valence-electron chi connectivity index (χ4n) is 1.24. The van der Waals surface area contributed by atoms with Gasteiger partial charge in [0.15, 0.2) is 23.8 Å². The van der Waals surface area contributed by atoms with Gasteiger partial charge in [-0.25, -0.2) is 16.8 Å². The lowest BCUT2D eigenvalue weighted by Crippen LogP contribution is -2.44. The second-order valence-electron chi connectivity index (χ2n) is 3.29. The van der Waals surface area contributed by atoms with Crippen molar-refractivity contribution in [3.05, 3.63) is 0 Å². The fraction of sp³-hybridized carbons (Fsp3) is 1.00. The average molecular weight is 296 g/mol. The van der Waals surface area contributed by atoms with Crippen LogP contribution in [-0.2, 0) is 19.7 Å². The minimum Gasteiger partial charge on any atom is -0.344 e. The van der Waals surface area contributed by atoms with Gasteiger partial charge in [-0.15, -0.1) is 12.4 Å². The highest BCUT2D eigenvalue weighted by Crippen LogP contribution is 2.29. The molecule has 16 heavy (non-hydrogen) atoms. The van der Waals surface area contributed by atoms with Crippen molar-refractivity contribution in [1.29, 1.82) is 0 Å². The van der Waals surface area contributed by atoms with Gasteiger partial charge >= 0.3 is 0 Å². The molecule has 0 aromatic heterocycles. The maximum atomic E-state index is 11.7. The van der Waals surface area contributed by atoms with E-state index in [9.17, 15) is 16.8 Å². The van der Waals surface area contributed by atoms with E-state index < -0.39 is 23.8 Å². The maximum Gasteiger partial charge on any atom is 0.170 e. The van der Waals surface area contributed by atoms with Crippen molar-refractivity contribution in [1.82, 2.24) is 6.15 Å². The molecule has 0 aromatic rings. The van der Waals surface area contributed by atoms with E-state index in [-0.39, 0.29) is 36.5 Å². The molecular formula is C8H22ClNO4S2. The summed E-state index contributed by atoms with van der Waals surface area (Å²) < 4.78 is 45.1. The molecule has 0 aliphatic carbocycles. The molecule has 3 N–H and O–H groups in total. The van der Waals surface area contributed by atoms with E-state index in [0.29, 0.717) is 0 Å². The highest BCUT2D eigenvalue weighted by Gasteiger charge is 2.47. The number of hydrogen-bond acceptors (Lipinski definition) is 5. The van der Waals surface area contributed by atoms with E-state index in [1.807, 2.05) is 0 Å². The third-order valence-corrected chi connectivity index (χ3v) is 8.97. The Hall–Kier alpha value is 0.150. The van der Waals surface area contributed by atoms with Crippen LogP contribution in [0.1, 0.15) is 34.1 Å². The lowest BCUT2D eigenvalue weighted by molar-refractivity contribution is 0.543. The monoisotopic (exact) mass is 295 g/mol. The van der Waals surface area contributed by atoms with Crippen LogP contribution >= 0.6 is 12.4 Å². The Bertz CT molecular complexity index is 354. The molecule has 0 radical (unpaired) electrons. The average Bonchev–Trinajstić information content (AvgIpc) is 2.15. The van der Waals surface area contributed by atoms with Gasteiger partial charge in [0.1, 0.15) is 0 Å². The predicted octanol–water partition coefficient (Wildman–Crippen LogP) is 1.57. The van der Waals surface area contributed by atoms with Crippen LogP contribution in [0.2, 0.25) is 0 Å². The summed E-state index contributed by atoms with van der Waals surface area (Å²) in [5.41, 5.74) is 0. The first kappa shape index (κ1) is 21.4. The molecule has 0 aromatic carbocycles. The molecule has 0 saturated carbocycles. The quantitative estimate of drug-likeness (QED) is 0.829. The zero-order valence-electron chi connectivity index (χ0n) is 10.2. The van der Waals surface area contributed by atoms with Crippen molar-refractivity contribution >= 4 is 32.1 Å². The second-order valence-corrected chi connectivity index (χ2v) is 8.97. The van der Waals surface area contributed by atoms with Crippen LogP contribution in [0.3, 0.4) is 0 Å². The summed E-state index contributed by atoms with van der Waals surface area (Å²) in [7, 11) is -7.14. The standard InChI is InChI=1S/C8H18O4S2.ClH.H3N/c1-5-8(4,13(9,10)6-2)14(11,12)7-3;;/h5-7H2,1-4H3;1H;1H3. The Balaban J connectivity index is -0.000000845. The molecule has 0 amide bonds. The Morgan fingerprint density at radius 3 is 1.25 bits per heavy atom. The molecule has 0 atom stereocenters. The first-order valence-electron chi connectivity index (χ1n) is 4.63. The Morgan fingerprint density at radius 1 is 0.875 bits per heavy atom. The van der Waals surface area contributed by atoms with Gasteiger partial charge in [0.2, 0.25) is 0 Å². The topological polar surface area (TPSA) is 103 Å². The minimum absolute atomic E-state index is 0.